The highest BCUT2D eigenvalue weighted by Gasteiger charge is 2.34. The van der Waals surface area contributed by atoms with Crippen molar-refractivity contribution in [3.63, 3.8) is 0 Å². The van der Waals surface area contributed by atoms with E-state index >= 15 is 0 Å². The maximum Gasteiger partial charge on any atom is 0.416 e. The van der Waals surface area contributed by atoms with Gasteiger partial charge in [0.25, 0.3) is 5.69 Å². The van der Waals surface area contributed by atoms with E-state index in [1.165, 1.54) is 6.92 Å². The molecule has 1 aromatic rings. The molecule has 8 nitrogen and oxygen atoms in total. The molecule has 0 amide bonds. The molecule has 0 heterocycles. The molecule has 0 saturated heterocycles. The molecular formula is C13H13F3N2O6. The molecule has 0 aliphatic carbocycles. The Bertz CT molecular complexity index is 647. The summed E-state index contributed by atoms with van der Waals surface area (Å²) in [4.78, 5) is 31.2. The number of hydrogen-bond donors (Lipinski definition) is 0. The minimum Gasteiger partial charge on any atom is -0.466 e. The molecule has 0 radical (unpaired) electrons. The van der Waals surface area contributed by atoms with Crippen LogP contribution in [0.1, 0.15) is 30.4 Å². The number of nitro benzene ring substituents is 1. The largest absolute Gasteiger partial charge is 0.466 e. The van der Waals surface area contributed by atoms with Gasteiger partial charge in [-0.3, -0.25) is 25.0 Å². The van der Waals surface area contributed by atoms with Gasteiger partial charge in [-0.2, -0.15) is 13.2 Å². The van der Waals surface area contributed by atoms with E-state index in [0.29, 0.717) is 12.1 Å². The Kier molecular flexibility index (Phi) is 6.20. The van der Waals surface area contributed by atoms with Gasteiger partial charge in [0.05, 0.1) is 29.4 Å². The van der Waals surface area contributed by atoms with Gasteiger partial charge in [-0.1, -0.05) is 0 Å². The Labute approximate surface area is 133 Å². The first-order chi connectivity index (χ1) is 11.0. The second-order valence-corrected chi connectivity index (χ2v) is 4.79. The van der Waals surface area contributed by atoms with Gasteiger partial charge in [-0.15, -0.1) is 0 Å². The number of carbonyl (C=O) groups excluding carboxylic acids is 1. The fourth-order valence-corrected chi connectivity index (χ4v) is 2.03. The van der Waals surface area contributed by atoms with E-state index < -0.39 is 52.1 Å². The number of carbonyl (C=O) groups is 1. The van der Waals surface area contributed by atoms with Crippen molar-refractivity contribution in [1.82, 2.24) is 0 Å². The van der Waals surface area contributed by atoms with E-state index in [1.54, 1.807) is 0 Å². The summed E-state index contributed by atoms with van der Waals surface area (Å²) in [7, 11) is 0. The van der Waals surface area contributed by atoms with Gasteiger partial charge in [-0.25, -0.2) is 0 Å². The van der Waals surface area contributed by atoms with Gasteiger partial charge in [-0.05, 0) is 18.6 Å². The van der Waals surface area contributed by atoms with Crippen molar-refractivity contribution in [3.8, 4) is 0 Å². The molecule has 0 aromatic heterocycles. The molecule has 1 unspecified atom stereocenters. The van der Waals surface area contributed by atoms with Crippen molar-refractivity contribution >= 4 is 11.7 Å². The maximum absolute atomic E-state index is 12.9. The van der Waals surface area contributed by atoms with Crippen LogP contribution in [0.15, 0.2) is 18.2 Å². The Balaban J connectivity index is 3.33. The third-order valence-electron chi connectivity index (χ3n) is 3.04. The lowest BCUT2D eigenvalue weighted by molar-refractivity contribution is -0.483. The smallest absolute Gasteiger partial charge is 0.416 e. The van der Waals surface area contributed by atoms with Crippen LogP contribution in [0.2, 0.25) is 0 Å². The lowest BCUT2D eigenvalue weighted by atomic mass is 9.93. The first kappa shape index (κ1) is 19.3. The second-order valence-electron chi connectivity index (χ2n) is 4.79. The van der Waals surface area contributed by atoms with Gasteiger partial charge < -0.3 is 4.74 Å². The molecule has 24 heavy (non-hydrogen) atoms. The zero-order chi connectivity index (χ0) is 18.5. The van der Waals surface area contributed by atoms with Crippen LogP contribution >= 0.6 is 0 Å². The van der Waals surface area contributed by atoms with Gasteiger partial charge in [0.15, 0.2) is 0 Å². The molecule has 0 fully saturated rings. The predicted octanol–water partition coefficient (Wildman–Crippen LogP) is 2.93. The lowest BCUT2D eigenvalue weighted by Crippen LogP contribution is -2.19. The Hall–Kier alpha value is -2.72. The predicted molar refractivity (Wildman–Crippen MR) is 74.0 cm³/mol. The number of benzene rings is 1. The third-order valence-corrected chi connectivity index (χ3v) is 3.04. The second kappa shape index (κ2) is 7.70. The van der Waals surface area contributed by atoms with E-state index in [1.807, 2.05) is 0 Å². The molecule has 0 spiro atoms. The summed E-state index contributed by atoms with van der Waals surface area (Å²) in [5.41, 5.74) is -2.50. The van der Waals surface area contributed by atoms with Crippen LogP contribution in [-0.2, 0) is 15.7 Å². The number of nitrogens with zero attached hydrogens (tertiary/aromatic N) is 2. The molecule has 0 saturated carbocycles. The molecular weight excluding hydrogens is 337 g/mol. The van der Waals surface area contributed by atoms with E-state index in [9.17, 15) is 38.2 Å². The van der Waals surface area contributed by atoms with Crippen LogP contribution in [0.4, 0.5) is 18.9 Å². The van der Waals surface area contributed by atoms with Crippen molar-refractivity contribution < 1.29 is 32.5 Å². The summed E-state index contributed by atoms with van der Waals surface area (Å²) in [6, 6.07) is 1.69. The van der Waals surface area contributed by atoms with Crippen molar-refractivity contribution in [2.24, 2.45) is 0 Å². The number of nitro groups is 2. The van der Waals surface area contributed by atoms with Gasteiger partial charge >= 0.3 is 12.1 Å². The monoisotopic (exact) mass is 350 g/mol. The quantitative estimate of drug-likeness (QED) is 0.424. The topological polar surface area (TPSA) is 113 Å². The maximum atomic E-state index is 12.9. The van der Waals surface area contributed by atoms with Crippen LogP contribution in [0, 0.1) is 20.2 Å². The lowest BCUT2D eigenvalue weighted by Gasteiger charge is -2.15. The number of halogens is 3. The van der Waals surface area contributed by atoms with E-state index in [4.69, 9.17) is 0 Å². The standard InChI is InChI=1S/C13H13F3N2O6/c1-2-24-12(19)5-9(7-17(20)21)8-3-10(13(14,15)16)6-11(4-8)18(22)23/h3-4,6,9H,2,5,7H2,1H3. The average Bonchev–Trinajstić information content (AvgIpc) is 2.44. The number of esters is 1. The summed E-state index contributed by atoms with van der Waals surface area (Å²) >= 11 is 0. The minimum atomic E-state index is -4.87. The van der Waals surface area contributed by atoms with Crippen molar-refractivity contribution in [2.45, 2.75) is 25.4 Å². The minimum absolute atomic E-state index is 0.00719. The van der Waals surface area contributed by atoms with Crippen molar-refractivity contribution in [1.29, 1.82) is 0 Å². The van der Waals surface area contributed by atoms with E-state index in [2.05, 4.69) is 4.74 Å². The van der Waals surface area contributed by atoms with E-state index in [0.717, 1.165) is 6.07 Å². The summed E-state index contributed by atoms with van der Waals surface area (Å²) in [6.07, 6.45) is -5.43. The molecule has 132 valence electrons. The normalized spacial score (nSPS) is 12.5. The first-order valence-corrected chi connectivity index (χ1v) is 6.68. The Morgan fingerprint density at radius 2 is 1.88 bits per heavy atom. The molecule has 11 heteroatoms. The summed E-state index contributed by atoms with van der Waals surface area (Å²) in [5.74, 6) is -2.12. The van der Waals surface area contributed by atoms with Crippen LogP contribution in [0.5, 0.6) is 0 Å². The molecule has 1 atom stereocenters. The van der Waals surface area contributed by atoms with Crippen LogP contribution in [0.25, 0.3) is 0 Å². The van der Waals surface area contributed by atoms with Gasteiger partial charge in [0, 0.05) is 17.1 Å². The molecule has 0 aliphatic heterocycles. The summed E-state index contributed by atoms with van der Waals surface area (Å²) in [5, 5.41) is 21.5. The molecule has 0 aliphatic rings. The zero-order valence-corrected chi connectivity index (χ0v) is 12.4. The van der Waals surface area contributed by atoms with Gasteiger partial charge in [0.2, 0.25) is 6.54 Å². The highest BCUT2D eigenvalue weighted by Crippen LogP contribution is 2.35. The highest BCUT2D eigenvalue weighted by molar-refractivity contribution is 5.70. The van der Waals surface area contributed by atoms with Gasteiger partial charge in [0.1, 0.15) is 0 Å². The number of rotatable bonds is 7. The molecule has 1 aromatic carbocycles. The number of ether oxygens (including phenoxy) is 1. The average molecular weight is 350 g/mol. The zero-order valence-electron chi connectivity index (χ0n) is 12.4. The molecule has 0 N–H and O–H groups in total. The first-order valence-electron chi connectivity index (χ1n) is 6.68. The molecule has 0 bridgehead atoms. The fourth-order valence-electron chi connectivity index (χ4n) is 2.03. The molecule has 1 rings (SSSR count). The SMILES string of the molecule is CCOC(=O)CC(C[N+](=O)[O-])c1cc([N+](=O)[O-])cc(C(F)(F)F)c1. The fraction of sp³-hybridized carbons (Fsp3) is 0.462. The number of hydrogen-bond acceptors (Lipinski definition) is 6. The van der Waals surface area contributed by atoms with E-state index in [-0.39, 0.29) is 12.2 Å². The van der Waals surface area contributed by atoms with Crippen molar-refractivity contribution in [3.05, 3.63) is 49.6 Å². The van der Waals surface area contributed by atoms with Crippen LogP contribution in [-0.4, -0.2) is 29.0 Å². The van der Waals surface area contributed by atoms with Crippen LogP contribution < -0.4 is 0 Å². The van der Waals surface area contributed by atoms with Crippen LogP contribution in [0.3, 0.4) is 0 Å². The number of non-ortho nitro benzene ring substituents is 1. The third kappa shape index (κ3) is 5.48. The Morgan fingerprint density at radius 3 is 2.33 bits per heavy atom. The number of alkyl halides is 3. The highest BCUT2D eigenvalue weighted by atomic mass is 19.4. The summed E-state index contributed by atoms with van der Waals surface area (Å²) in [6.45, 7) is 0.625. The summed E-state index contributed by atoms with van der Waals surface area (Å²) < 4.78 is 43.3. The Morgan fingerprint density at radius 1 is 1.25 bits per heavy atom. The van der Waals surface area contributed by atoms with Crippen molar-refractivity contribution in [2.75, 3.05) is 13.2 Å².